The minimum atomic E-state index is -4.56. The Kier molecular flexibility index (Phi) is 12.6. The van der Waals surface area contributed by atoms with Crippen LogP contribution >= 0.6 is 11.6 Å². The second-order valence-electron chi connectivity index (χ2n) is 16.4. The molecular weight excluding hydrogens is 818 g/mol. The third kappa shape index (κ3) is 9.86. The summed E-state index contributed by atoms with van der Waals surface area (Å²) in [5.74, 6) is 0.422. The molecule has 1 aliphatic carbocycles. The molecule has 2 fully saturated rings. The van der Waals surface area contributed by atoms with Crippen molar-refractivity contribution in [2.75, 3.05) is 56.2 Å². The maximum absolute atomic E-state index is 14.0. The summed E-state index contributed by atoms with van der Waals surface area (Å²) in [5, 5.41) is 16.7. The Morgan fingerprint density at radius 1 is 1.03 bits per heavy atom. The molecule has 0 radical (unpaired) electrons. The van der Waals surface area contributed by atoms with Crippen molar-refractivity contribution < 1.29 is 27.6 Å². The van der Waals surface area contributed by atoms with Crippen molar-refractivity contribution in [1.29, 1.82) is 0 Å². The maximum Gasteiger partial charge on any atom is 0.293 e. The Bertz CT molecular complexity index is 2560. The van der Waals surface area contributed by atoms with E-state index in [1.807, 2.05) is 18.2 Å². The zero-order valence-electron chi connectivity index (χ0n) is 34.2. The predicted molar refractivity (Wildman–Crippen MR) is 237 cm³/mol. The molecule has 0 saturated carbocycles. The van der Waals surface area contributed by atoms with Crippen molar-refractivity contribution in [3.8, 4) is 11.5 Å². The third-order valence-electron chi connectivity index (χ3n) is 12.0. The molecule has 3 aliphatic rings. The van der Waals surface area contributed by atoms with Crippen molar-refractivity contribution in [2.45, 2.75) is 56.9 Å². The van der Waals surface area contributed by atoms with Crippen molar-refractivity contribution in [3.63, 3.8) is 0 Å². The van der Waals surface area contributed by atoms with Gasteiger partial charge in [0.2, 0.25) is 0 Å². The number of nitrogens with zero attached hydrogens (tertiary/aromatic N) is 4. The van der Waals surface area contributed by atoms with Gasteiger partial charge in [-0.25, -0.2) is 18.1 Å². The summed E-state index contributed by atoms with van der Waals surface area (Å²) in [6, 6.07) is 20.6. The summed E-state index contributed by atoms with van der Waals surface area (Å²) in [4.78, 5) is 37.2. The second kappa shape index (κ2) is 18.2. The fraction of sp³-hybridized carbons (Fsp3) is 0.378. The minimum Gasteiger partial charge on any atom is -0.455 e. The van der Waals surface area contributed by atoms with E-state index in [4.69, 9.17) is 21.1 Å². The van der Waals surface area contributed by atoms with Gasteiger partial charge in [-0.1, -0.05) is 36.2 Å². The molecule has 2 atom stereocenters. The number of carbonyl (C=O) groups is 1. The fourth-order valence-corrected chi connectivity index (χ4v) is 9.74. The van der Waals surface area contributed by atoms with Crippen LogP contribution in [0.25, 0.3) is 16.6 Å². The van der Waals surface area contributed by atoms with E-state index >= 15 is 0 Å². The molecule has 4 heterocycles. The lowest BCUT2D eigenvalue weighted by Crippen LogP contribution is -2.52. The highest BCUT2D eigenvalue weighted by Crippen LogP contribution is 2.38. The number of H-pyrrole nitrogens is 1. The fourth-order valence-electron chi connectivity index (χ4n) is 8.63. The third-order valence-corrected chi connectivity index (χ3v) is 13.6. The lowest BCUT2D eigenvalue weighted by Gasteiger charge is -2.42. The van der Waals surface area contributed by atoms with Gasteiger partial charge in [-0.2, -0.15) is 0 Å². The van der Waals surface area contributed by atoms with Gasteiger partial charge < -0.3 is 24.7 Å². The Balaban J connectivity index is 1.02. The van der Waals surface area contributed by atoms with Gasteiger partial charge in [-0.05, 0) is 111 Å². The number of halogens is 1. The van der Waals surface area contributed by atoms with Crippen molar-refractivity contribution in [1.82, 2.24) is 19.6 Å². The normalized spacial score (nSPS) is 19.2. The lowest BCUT2D eigenvalue weighted by molar-refractivity contribution is -0.384. The van der Waals surface area contributed by atoms with Gasteiger partial charge >= 0.3 is 0 Å². The highest BCUT2D eigenvalue weighted by atomic mass is 35.5. The monoisotopic (exact) mass is 867 g/mol. The maximum atomic E-state index is 14.0. The van der Waals surface area contributed by atoms with Crippen LogP contribution in [0.4, 0.5) is 17.1 Å². The van der Waals surface area contributed by atoms with Crippen LogP contribution in [0, 0.1) is 22.0 Å². The molecule has 2 aromatic heterocycles. The molecule has 3 N–H and O–H groups in total. The topological polar surface area (TPSA) is 172 Å². The van der Waals surface area contributed by atoms with Crippen molar-refractivity contribution in [2.24, 2.45) is 11.8 Å². The van der Waals surface area contributed by atoms with Gasteiger partial charge in [0.25, 0.3) is 21.6 Å². The van der Waals surface area contributed by atoms with Crippen LogP contribution in [0.2, 0.25) is 5.02 Å². The molecule has 0 spiro atoms. The smallest absolute Gasteiger partial charge is 0.293 e. The lowest BCUT2D eigenvalue weighted by atomic mass is 9.81. The summed E-state index contributed by atoms with van der Waals surface area (Å²) in [6.07, 6.45) is 8.21. The number of hydrogen-bond donors (Lipinski definition) is 3. The number of amides is 1. The van der Waals surface area contributed by atoms with E-state index in [0.29, 0.717) is 37.1 Å². The summed E-state index contributed by atoms with van der Waals surface area (Å²) >= 11 is 6.23. The summed E-state index contributed by atoms with van der Waals surface area (Å²) in [6.45, 7) is 9.46. The number of ether oxygens (including phenoxy) is 2. The molecule has 1 amide bonds. The Morgan fingerprint density at radius 3 is 2.61 bits per heavy atom. The Morgan fingerprint density at radius 2 is 1.84 bits per heavy atom. The van der Waals surface area contributed by atoms with Crippen LogP contribution in [0.1, 0.15) is 61.9 Å². The highest BCUT2D eigenvalue weighted by Gasteiger charge is 2.30. The number of aromatic amines is 1. The summed E-state index contributed by atoms with van der Waals surface area (Å²) < 4.78 is 41.3. The summed E-state index contributed by atoms with van der Waals surface area (Å²) in [7, 11) is -4.56. The molecule has 3 aromatic carbocycles. The van der Waals surface area contributed by atoms with Gasteiger partial charge in [0.15, 0.2) is 0 Å². The number of hydrogen-bond acceptors (Lipinski definition) is 11. The van der Waals surface area contributed by atoms with Crippen LogP contribution in [0.15, 0.2) is 95.7 Å². The summed E-state index contributed by atoms with van der Waals surface area (Å²) in [5.41, 5.74) is 5.35. The Hall–Kier alpha value is -5.48. The highest BCUT2D eigenvalue weighted by molar-refractivity contribution is 7.90. The number of nitro groups is 1. The van der Waals surface area contributed by atoms with Crippen LogP contribution in [-0.2, 0) is 14.8 Å². The van der Waals surface area contributed by atoms with E-state index in [9.17, 15) is 23.3 Å². The SMILES string of the molecule is CC1CCC(CN2CCN(c3ccc(C(=O)NS(=O)(=O)c4ccc(NCC5CCOCC5)c([N+](=O)[O-])c4)c(Oc4cnc5[nH]ccc5c4)c3)C(C)C2)=C(c2ccc(Cl)cc2)C1. The molecule has 2 aliphatic heterocycles. The number of sulfonamides is 1. The molecule has 2 saturated heterocycles. The number of pyridine rings is 1. The van der Waals surface area contributed by atoms with Gasteiger partial charge in [-0.3, -0.25) is 19.8 Å². The number of allylic oxidation sites excluding steroid dienone is 1. The standard InChI is InChI=1S/C45H50ClN7O7S/c1-29-3-4-34(40(21-29)32-5-7-35(46)8-6-32)28-51-17-18-52(30(2)27-51)36-9-11-39(43(23-36)60-37-22-33-13-16-47-44(33)49-26-37)45(54)50-61(57,58)38-10-12-41(42(24-38)53(55)56)48-25-31-14-19-59-20-15-31/h5-13,16,22-24,26,29-31,48H,3-4,14-15,17-21,25,27-28H2,1-2H3,(H,47,49)(H,50,54). The first-order chi connectivity index (χ1) is 29.4. The van der Waals surface area contributed by atoms with E-state index in [1.165, 1.54) is 41.5 Å². The zero-order valence-corrected chi connectivity index (χ0v) is 35.8. The van der Waals surface area contributed by atoms with Gasteiger partial charge in [0.05, 0.1) is 21.6 Å². The number of aromatic nitrogens is 2. The second-order valence-corrected chi connectivity index (χ2v) is 18.5. The Labute approximate surface area is 360 Å². The van der Waals surface area contributed by atoms with Crippen molar-refractivity contribution in [3.05, 3.63) is 117 Å². The van der Waals surface area contributed by atoms with Crippen molar-refractivity contribution >= 4 is 61.2 Å². The molecular formula is C45H50ClN7O7S. The molecule has 16 heteroatoms. The molecule has 5 aromatic rings. The van der Waals surface area contributed by atoms with E-state index in [2.05, 4.69) is 55.8 Å². The average Bonchev–Trinajstić information content (AvgIpc) is 3.72. The number of benzene rings is 3. The van der Waals surface area contributed by atoms with Crippen LogP contribution < -0.4 is 19.7 Å². The first kappa shape index (κ1) is 42.2. The minimum absolute atomic E-state index is 0.0368. The van der Waals surface area contributed by atoms with Gasteiger partial charge in [0, 0.05) is 86.4 Å². The number of carbonyl (C=O) groups excluding carboxylic acids is 1. The number of rotatable bonds is 13. The molecule has 61 heavy (non-hydrogen) atoms. The van der Waals surface area contributed by atoms with Crippen LogP contribution in [0.3, 0.4) is 0 Å². The van der Waals surface area contributed by atoms with Gasteiger partial charge in [-0.15, -0.1) is 0 Å². The molecule has 14 nitrogen and oxygen atoms in total. The van der Waals surface area contributed by atoms with E-state index in [0.717, 1.165) is 74.0 Å². The number of piperazine rings is 1. The number of anilines is 2. The molecule has 8 rings (SSSR count). The number of nitro benzene ring substituents is 1. The first-order valence-electron chi connectivity index (χ1n) is 20.8. The quantitative estimate of drug-likeness (QED) is 0.0764. The van der Waals surface area contributed by atoms with Gasteiger partial charge in [0.1, 0.15) is 22.8 Å². The average molecular weight is 868 g/mol. The zero-order chi connectivity index (χ0) is 42.7. The van der Waals surface area contributed by atoms with Crippen LogP contribution in [-0.4, -0.2) is 86.1 Å². The first-order valence-corrected chi connectivity index (χ1v) is 22.6. The van der Waals surface area contributed by atoms with E-state index in [1.54, 1.807) is 30.5 Å². The molecule has 320 valence electrons. The van der Waals surface area contributed by atoms with E-state index < -0.39 is 31.4 Å². The molecule has 0 bridgehead atoms. The van der Waals surface area contributed by atoms with E-state index in [-0.39, 0.29) is 29.0 Å². The molecule has 2 unspecified atom stereocenters. The number of fused-ring (bicyclic) bond motifs is 1. The number of nitrogens with one attached hydrogen (secondary N) is 3. The predicted octanol–water partition coefficient (Wildman–Crippen LogP) is 8.66. The van der Waals surface area contributed by atoms with Crippen LogP contribution in [0.5, 0.6) is 11.5 Å². The largest absolute Gasteiger partial charge is 0.455 e.